The lowest BCUT2D eigenvalue weighted by Gasteiger charge is -2.21. The van der Waals surface area contributed by atoms with E-state index in [2.05, 4.69) is 26.1 Å². The van der Waals surface area contributed by atoms with Crippen molar-refractivity contribution in [2.45, 2.75) is 58.9 Å². The quantitative estimate of drug-likeness (QED) is 0.460. The Morgan fingerprint density at radius 3 is 2.36 bits per heavy atom. The molecule has 0 aromatic heterocycles. The van der Waals surface area contributed by atoms with E-state index in [0.29, 0.717) is 12.0 Å². The molecule has 0 amide bonds. The predicted octanol–water partition coefficient (Wildman–Crippen LogP) is 3.81. The zero-order chi connectivity index (χ0) is 10.8. The molecule has 0 heterocycles. The van der Waals surface area contributed by atoms with Crippen LogP contribution in [0.5, 0.6) is 0 Å². The number of nitrogens with one attached hydrogen (secondary N) is 1. The Kier molecular flexibility index (Phi) is 9.97. The highest BCUT2D eigenvalue weighted by Crippen LogP contribution is 2.07. The van der Waals surface area contributed by atoms with E-state index in [1.165, 1.54) is 25.7 Å². The number of alkyl halides is 1. The van der Waals surface area contributed by atoms with Gasteiger partial charge >= 0.3 is 0 Å². The maximum Gasteiger partial charge on any atom is 0.0238 e. The van der Waals surface area contributed by atoms with Crippen molar-refractivity contribution in [3.05, 3.63) is 0 Å². The van der Waals surface area contributed by atoms with Crippen molar-refractivity contribution >= 4 is 11.6 Å². The van der Waals surface area contributed by atoms with Crippen LogP contribution in [0.4, 0.5) is 0 Å². The Hall–Kier alpha value is 0.250. The Balaban J connectivity index is 3.41. The maximum atomic E-state index is 5.76. The second-order valence-electron chi connectivity index (χ2n) is 4.34. The molecule has 0 aromatic rings. The minimum atomic E-state index is 0.606. The summed E-state index contributed by atoms with van der Waals surface area (Å²) in [6.45, 7) is 7.92. The van der Waals surface area contributed by atoms with Crippen molar-refractivity contribution in [2.75, 3.05) is 12.4 Å². The van der Waals surface area contributed by atoms with E-state index in [0.717, 1.165) is 18.8 Å². The summed E-state index contributed by atoms with van der Waals surface area (Å²) in [5.74, 6) is 1.46. The van der Waals surface area contributed by atoms with E-state index in [9.17, 15) is 0 Å². The van der Waals surface area contributed by atoms with Gasteiger partial charge in [-0.15, -0.1) is 11.6 Å². The summed E-state index contributed by atoms with van der Waals surface area (Å²) in [5, 5.41) is 3.59. The molecule has 0 aliphatic carbocycles. The smallest absolute Gasteiger partial charge is 0.0238 e. The number of rotatable bonds is 9. The van der Waals surface area contributed by atoms with Gasteiger partial charge in [-0.25, -0.2) is 0 Å². The number of halogens is 1. The standard InChI is InChI=1S/C12H26ClN/c1-4-5-6-7-10-14-12(8-9-13)11(2)3/h11-12,14H,4-10H2,1-3H3. The fourth-order valence-electron chi connectivity index (χ4n) is 1.63. The SMILES string of the molecule is CCCCCCNC(CCCl)C(C)C. The molecule has 1 unspecified atom stereocenters. The highest BCUT2D eigenvalue weighted by Gasteiger charge is 2.10. The summed E-state index contributed by atoms with van der Waals surface area (Å²) in [4.78, 5) is 0. The topological polar surface area (TPSA) is 12.0 Å². The van der Waals surface area contributed by atoms with Crippen LogP contribution in [-0.4, -0.2) is 18.5 Å². The molecule has 0 spiro atoms. The van der Waals surface area contributed by atoms with E-state index in [4.69, 9.17) is 11.6 Å². The Morgan fingerprint density at radius 2 is 1.86 bits per heavy atom. The van der Waals surface area contributed by atoms with Crippen LogP contribution in [0.2, 0.25) is 0 Å². The van der Waals surface area contributed by atoms with E-state index < -0.39 is 0 Å². The van der Waals surface area contributed by atoms with Crippen LogP contribution >= 0.6 is 11.6 Å². The number of unbranched alkanes of at least 4 members (excludes halogenated alkanes) is 3. The van der Waals surface area contributed by atoms with Gasteiger partial charge < -0.3 is 5.32 Å². The van der Waals surface area contributed by atoms with Crippen molar-refractivity contribution < 1.29 is 0 Å². The van der Waals surface area contributed by atoms with E-state index in [-0.39, 0.29) is 0 Å². The van der Waals surface area contributed by atoms with Gasteiger partial charge in [-0.3, -0.25) is 0 Å². The summed E-state index contributed by atoms with van der Waals surface area (Å²) < 4.78 is 0. The molecule has 0 radical (unpaired) electrons. The third-order valence-electron chi connectivity index (χ3n) is 2.66. The monoisotopic (exact) mass is 219 g/mol. The number of hydrogen-bond donors (Lipinski definition) is 1. The normalized spacial score (nSPS) is 13.5. The van der Waals surface area contributed by atoms with Gasteiger partial charge in [-0.2, -0.15) is 0 Å². The van der Waals surface area contributed by atoms with Gasteiger partial charge in [0.05, 0.1) is 0 Å². The fourth-order valence-corrected chi connectivity index (χ4v) is 1.86. The first-order valence-electron chi connectivity index (χ1n) is 6.01. The first-order chi connectivity index (χ1) is 6.72. The average molecular weight is 220 g/mol. The molecule has 0 aliphatic heterocycles. The molecule has 1 atom stereocenters. The Morgan fingerprint density at radius 1 is 1.14 bits per heavy atom. The predicted molar refractivity (Wildman–Crippen MR) is 66.1 cm³/mol. The zero-order valence-electron chi connectivity index (χ0n) is 9.98. The largest absolute Gasteiger partial charge is 0.314 e. The summed E-state index contributed by atoms with van der Waals surface area (Å²) in [6.07, 6.45) is 6.43. The lowest BCUT2D eigenvalue weighted by Crippen LogP contribution is -2.34. The highest BCUT2D eigenvalue weighted by atomic mass is 35.5. The minimum absolute atomic E-state index is 0.606. The van der Waals surface area contributed by atoms with E-state index in [1.54, 1.807) is 0 Å². The molecule has 1 nitrogen and oxygen atoms in total. The van der Waals surface area contributed by atoms with Crippen molar-refractivity contribution in [3.63, 3.8) is 0 Å². The molecule has 0 aliphatic rings. The molecule has 2 heteroatoms. The fraction of sp³-hybridized carbons (Fsp3) is 1.00. The molecular weight excluding hydrogens is 194 g/mol. The lowest BCUT2D eigenvalue weighted by atomic mass is 10.0. The van der Waals surface area contributed by atoms with Crippen LogP contribution in [0.1, 0.15) is 52.9 Å². The molecule has 0 bridgehead atoms. The maximum absolute atomic E-state index is 5.76. The summed E-state index contributed by atoms with van der Waals surface area (Å²) >= 11 is 5.76. The van der Waals surface area contributed by atoms with Crippen molar-refractivity contribution in [1.82, 2.24) is 5.32 Å². The zero-order valence-corrected chi connectivity index (χ0v) is 10.7. The van der Waals surface area contributed by atoms with Gasteiger partial charge in [0.25, 0.3) is 0 Å². The molecule has 86 valence electrons. The molecule has 0 aromatic carbocycles. The molecule has 0 fully saturated rings. The van der Waals surface area contributed by atoms with Crippen molar-refractivity contribution in [1.29, 1.82) is 0 Å². The summed E-state index contributed by atoms with van der Waals surface area (Å²) in [5.41, 5.74) is 0. The van der Waals surface area contributed by atoms with Crippen molar-refractivity contribution in [2.24, 2.45) is 5.92 Å². The molecule has 0 rings (SSSR count). The van der Waals surface area contributed by atoms with Crippen LogP contribution in [0, 0.1) is 5.92 Å². The molecule has 1 N–H and O–H groups in total. The van der Waals surface area contributed by atoms with Gasteiger partial charge in [-0.05, 0) is 25.3 Å². The third kappa shape index (κ3) is 7.64. The van der Waals surface area contributed by atoms with Gasteiger partial charge in [-0.1, -0.05) is 40.0 Å². The average Bonchev–Trinajstić information content (AvgIpc) is 2.15. The van der Waals surface area contributed by atoms with Crippen LogP contribution in [0.3, 0.4) is 0 Å². The highest BCUT2D eigenvalue weighted by molar-refractivity contribution is 6.17. The molecule has 0 saturated heterocycles. The second-order valence-corrected chi connectivity index (χ2v) is 4.72. The van der Waals surface area contributed by atoms with E-state index in [1.807, 2.05) is 0 Å². The van der Waals surface area contributed by atoms with Gasteiger partial charge in [0.1, 0.15) is 0 Å². The van der Waals surface area contributed by atoms with Crippen LogP contribution in [-0.2, 0) is 0 Å². The first kappa shape index (κ1) is 14.2. The van der Waals surface area contributed by atoms with Crippen molar-refractivity contribution in [3.8, 4) is 0 Å². The minimum Gasteiger partial charge on any atom is -0.314 e. The Bertz CT molecular complexity index is 115. The van der Waals surface area contributed by atoms with Crippen LogP contribution in [0.25, 0.3) is 0 Å². The van der Waals surface area contributed by atoms with Gasteiger partial charge in [0.15, 0.2) is 0 Å². The lowest BCUT2D eigenvalue weighted by molar-refractivity contribution is 0.385. The molecule has 0 saturated carbocycles. The van der Waals surface area contributed by atoms with Crippen LogP contribution < -0.4 is 5.32 Å². The molecular formula is C12H26ClN. The first-order valence-corrected chi connectivity index (χ1v) is 6.55. The Labute approximate surface area is 94.6 Å². The van der Waals surface area contributed by atoms with E-state index >= 15 is 0 Å². The third-order valence-corrected chi connectivity index (χ3v) is 2.88. The van der Waals surface area contributed by atoms with Crippen LogP contribution in [0.15, 0.2) is 0 Å². The molecule has 14 heavy (non-hydrogen) atoms. The second kappa shape index (κ2) is 9.79. The number of hydrogen-bond acceptors (Lipinski definition) is 1. The summed E-state index contributed by atoms with van der Waals surface area (Å²) in [7, 11) is 0. The van der Waals surface area contributed by atoms with Gasteiger partial charge in [0.2, 0.25) is 0 Å². The summed E-state index contributed by atoms with van der Waals surface area (Å²) in [6, 6.07) is 0.606. The van der Waals surface area contributed by atoms with Gasteiger partial charge in [0, 0.05) is 11.9 Å².